The lowest BCUT2D eigenvalue weighted by atomic mass is 9.94. The van der Waals surface area contributed by atoms with Gasteiger partial charge < -0.3 is 10.0 Å². The Morgan fingerprint density at radius 1 is 1.22 bits per heavy atom. The van der Waals surface area contributed by atoms with E-state index in [2.05, 4.69) is 9.97 Å². The van der Waals surface area contributed by atoms with Gasteiger partial charge in [-0.05, 0) is 30.9 Å². The lowest BCUT2D eigenvalue weighted by Crippen LogP contribution is -2.38. The van der Waals surface area contributed by atoms with Crippen LogP contribution >= 0.6 is 0 Å². The van der Waals surface area contributed by atoms with E-state index < -0.39 is 5.97 Å². The molecule has 1 aliphatic heterocycles. The number of aromatic nitrogens is 2. The van der Waals surface area contributed by atoms with Crippen LogP contribution in [0.25, 0.3) is 11.3 Å². The summed E-state index contributed by atoms with van der Waals surface area (Å²) in [4.78, 5) is 34.6. The number of hydrogen-bond donors (Lipinski definition) is 1. The third kappa shape index (κ3) is 4.32. The third-order valence-electron chi connectivity index (χ3n) is 4.85. The minimum absolute atomic E-state index is 0.179. The summed E-state index contributed by atoms with van der Waals surface area (Å²) in [6, 6.07) is 6.76. The van der Waals surface area contributed by atoms with Crippen molar-refractivity contribution in [3.63, 3.8) is 0 Å². The quantitative estimate of drug-likeness (QED) is 0.897. The fourth-order valence-electron chi connectivity index (χ4n) is 3.49. The van der Waals surface area contributed by atoms with Crippen LogP contribution in [0, 0.1) is 11.3 Å². The van der Waals surface area contributed by atoms with Crippen LogP contribution in [-0.2, 0) is 11.2 Å². The second kappa shape index (κ2) is 7.47. The smallest absolute Gasteiger partial charge is 0.335 e. The number of aromatic carboxylic acids is 1. The molecule has 1 aliphatic rings. The molecule has 3 rings (SSSR count). The first-order chi connectivity index (χ1) is 12.8. The second-order valence-corrected chi connectivity index (χ2v) is 8.10. The van der Waals surface area contributed by atoms with E-state index in [0.29, 0.717) is 18.0 Å². The van der Waals surface area contributed by atoms with E-state index in [4.69, 9.17) is 0 Å². The molecule has 1 aromatic heterocycles. The van der Waals surface area contributed by atoms with Crippen LogP contribution in [0.5, 0.6) is 0 Å². The van der Waals surface area contributed by atoms with Gasteiger partial charge in [-0.3, -0.25) is 14.8 Å². The van der Waals surface area contributed by atoms with Gasteiger partial charge in [-0.15, -0.1) is 0 Å². The topological polar surface area (TPSA) is 83.4 Å². The number of benzene rings is 1. The summed E-state index contributed by atoms with van der Waals surface area (Å²) in [5.41, 5.74) is 2.16. The Bertz CT molecular complexity index is 858. The summed E-state index contributed by atoms with van der Waals surface area (Å²) in [7, 11) is 0. The van der Waals surface area contributed by atoms with Crippen molar-refractivity contribution >= 4 is 11.9 Å². The minimum atomic E-state index is -0.964. The van der Waals surface area contributed by atoms with E-state index in [1.54, 1.807) is 30.6 Å². The average molecular weight is 367 g/mol. The lowest BCUT2D eigenvalue weighted by molar-refractivity contribution is -0.138. The number of likely N-dealkylation sites (tertiary alicyclic amines) is 1. The number of carbonyl (C=O) groups excluding carboxylic acids is 1. The van der Waals surface area contributed by atoms with Crippen LogP contribution in [0.15, 0.2) is 36.7 Å². The maximum absolute atomic E-state index is 12.5. The first-order valence-electron chi connectivity index (χ1n) is 9.18. The Hall–Kier alpha value is -2.76. The average Bonchev–Trinajstić information content (AvgIpc) is 3.09. The Kier molecular flexibility index (Phi) is 5.26. The molecule has 1 unspecified atom stereocenters. The molecule has 0 radical (unpaired) electrons. The number of hydrogen-bond acceptors (Lipinski definition) is 4. The fraction of sp³-hybridized carbons (Fsp3) is 0.429. The molecule has 1 N–H and O–H groups in total. The molecule has 27 heavy (non-hydrogen) atoms. The number of carbonyl (C=O) groups is 2. The van der Waals surface area contributed by atoms with Gasteiger partial charge in [0.2, 0.25) is 5.91 Å². The van der Waals surface area contributed by atoms with Crippen molar-refractivity contribution in [2.45, 2.75) is 33.6 Å². The summed E-state index contributed by atoms with van der Waals surface area (Å²) in [5, 5.41) is 9.23. The Balaban J connectivity index is 1.79. The van der Waals surface area contributed by atoms with Gasteiger partial charge >= 0.3 is 5.97 Å². The van der Waals surface area contributed by atoms with Crippen LogP contribution in [0.1, 0.15) is 43.2 Å². The van der Waals surface area contributed by atoms with Gasteiger partial charge in [0.05, 0.1) is 17.0 Å². The lowest BCUT2D eigenvalue weighted by Gasteiger charge is -2.25. The Morgan fingerprint density at radius 2 is 1.96 bits per heavy atom. The van der Waals surface area contributed by atoms with Gasteiger partial charge in [0, 0.05) is 36.5 Å². The van der Waals surface area contributed by atoms with Crippen LogP contribution in [0.3, 0.4) is 0 Å². The van der Waals surface area contributed by atoms with Crippen LogP contribution in [0.4, 0.5) is 0 Å². The fourth-order valence-corrected chi connectivity index (χ4v) is 3.49. The van der Waals surface area contributed by atoms with Crippen molar-refractivity contribution in [3.8, 4) is 11.3 Å². The summed E-state index contributed by atoms with van der Waals surface area (Å²) in [6.45, 7) is 7.32. The molecule has 6 nitrogen and oxygen atoms in total. The number of rotatable bonds is 4. The maximum Gasteiger partial charge on any atom is 0.335 e. The molecule has 1 aromatic carbocycles. The minimum Gasteiger partial charge on any atom is -0.478 e. The van der Waals surface area contributed by atoms with Gasteiger partial charge in [0.25, 0.3) is 0 Å². The molecule has 0 saturated carbocycles. The highest BCUT2D eigenvalue weighted by Crippen LogP contribution is 2.28. The summed E-state index contributed by atoms with van der Waals surface area (Å²) >= 11 is 0. The molecule has 1 saturated heterocycles. The van der Waals surface area contributed by atoms with Crippen molar-refractivity contribution in [1.82, 2.24) is 14.9 Å². The predicted octanol–water partition coefficient (Wildman–Crippen LogP) is 3.28. The molecule has 1 fully saturated rings. The normalized spacial score (nSPS) is 17.1. The van der Waals surface area contributed by atoms with Crippen molar-refractivity contribution in [3.05, 3.63) is 47.9 Å². The zero-order chi connectivity index (χ0) is 19.6. The second-order valence-electron chi connectivity index (χ2n) is 8.10. The summed E-state index contributed by atoms with van der Waals surface area (Å²) in [6.07, 6.45) is 4.94. The predicted molar refractivity (Wildman–Crippen MR) is 102 cm³/mol. The molecule has 0 bridgehead atoms. The van der Waals surface area contributed by atoms with E-state index in [9.17, 15) is 14.7 Å². The molecule has 0 aliphatic carbocycles. The van der Waals surface area contributed by atoms with Gasteiger partial charge in [0.1, 0.15) is 0 Å². The largest absolute Gasteiger partial charge is 0.478 e. The first-order valence-corrected chi connectivity index (χ1v) is 9.18. The number of carboxylic acids is 1. The molecule has 142 valence electrons. The van der Waals surface area contributed by atoms with E-state index >= 15 is 0 Å². The zero-order valence-electron chi connectivity index (χ0n) is 16.0. The Morgan fingerprint density at radius 3 is 2.67 bits per heavy atom. The summed E-state index contributed by atoms with van der Waals surface area (Å²) < 4.78 is 0. The van der Waals surface area contributed by atoms with Crippen molar-refractivity contribution in [2.75, 3.05) is 13.1 Å². The van der Waals surface area contributed by atoms with Gasteiger partial charge in [-0.25, -0.2) is 4.79 Å². The van der Waals surface area contributed by atoms with Crippen molar-refractivity contribution < 1.29 is 14.7 Å². The first kappa shape index (κ1) is 19.0. The molecule has 6 heteroatoms. The zero-order valence-corrected chi connectivity index (χ0v) is 16.0. The van der Waals surface area contributed by atoms with E-state index in [1.165, 1.54) is 0 Å². The van der Waals surface area contributed by atoms with E-state index in [0.717, 1.165) is 30.8 Å². The van der Waals surface area contributed by atoms with Gasteiger partial charge in [-0.2, -0.15) is 0 Å². The van der Waals surface area contributed by atoms with Gasteiger partial charge in [0.15, 0.2) is 0 Å². The van der Waals surface area contributed by atoms with Crippen LogP contribution in [-0.4, -0.2) is 44.9 Å². The molecule has 2 aromatic rings. The van der Waals surface area contributed by atoms with Crippen molar-refractivity contribution in [2.24, 2.45) is 11.3 Å². The highest BCUT2D eigenvalue weighted by atomic mass is 16.4. The van der Waals surface area contributed by atoms with Crippen LogP contribution < -0.4 is 0 Å². The molecular formula is C21H25N3O3. The van der Waals surface area contributed by atoms with Gasteiger partial charge in [-0.1, -0.05) is 32.9 Å². The maximum atomic E-state index is 12.5. The number of carboxylic acid groups (broad SMARTS) is 1. The van der Waals surface area contributed by atoms with Crippen LogP contribution in [0.2, 0.25) is 0 Å². The highest BCUT2D eigenvalue weighted by Gasteiger charge is 2.33. The molecule has 2 heterocycles. The number of nitrogens with zero attached hydrogens (tertiary/aromatic N) is 3. The Labute approximate surface area is 159 Å². The monoisotopic (exact) mass is 367 g/mol. The highest BCUT2D eigenvalue weighted by molar-refractivity contribution is 5.89. The van der Waals surface area contributed by atoms with E-state index in [-0.39, 0.29) is 16.9 Å². The SMILES string of the molecule is CC(C)(C)C(=O)N1CCC(Cc2nccnc2-c2cccc(C(=O)O)c2)C1. The third-order valence-corrected chi connectivity index (χ3v) is 4.85. The number of amides is 1. The molecular weight excluding hydrogens is 342 g/mol. The standard InChI is InChI=1S/C21H25N3O3/c1-21(2,3)20(27)24-10-7-14(13-24)11-17-18(23-9-8-22-17)15-5-4-6-16(12-15)19(25)26/h4-6,8-9,12,14H,7,10-11,13H2,1-3H3,(H,25,26). The molecule has 0 spiro atoms. The van der Waals surface area contributed by atoms with E-state index in [1.807, 2.05) is 31.7 Å². The van der Waals surface area contributed by atoms with Crippen molar-refractivity contribution in [1.29, 1.82) is 0 Å². The molecule has 1 amide bonds. The summed E-state index contributed by atoms with van der Waals surface area (Å²) in [5.74, 6) is -0.456. The molecule has 1 atom stereocenters.